The van der Waals surface area contributed by atoms with Crippen LogP contribution >= 0.6 is 11.8 Å². The van der Waals surface area contributed by atoms with Crippen molar-refractivity contribution >= 4 is 28.6 Å². The van der Waals surface area contributed by atoms with Crippen molar-refractivity contribution in [1.29, 1.82) is 0 Å². The molecule has 21 heavy (non-hydrogen) atoms. The number of para-hydroxylation sites is 1. The van der Waals surface area contributed by atoms with Crippen molar-refractivity contribution in [3.05, 3.63) is 30.3 Å². The lowest BCUT2D eigenvalue weighted by Gasteiger charge is -2.27. The maximum absolute atomic E-state index is 12.0. The SMILES string of the molecule is CCCNC(C)(CSc1cc2ccccc2[nH]1)C(=O)OC. The number of hydrogen-bond acceptors (Lipinski definition) is 4. The number of methoxy groups -OCH3 is 1. The Morgan fingerprint density at radius 3 is 2.86 bits per heavy atom. The summed E-state index contributed by atoms with van der Waals surface area (Å²) in [4.78, 5) is 15.4. The van der Waals surface area contributed by atoms with E-state index >= 15 is 0 Å². The van der Waals surface area contributed by atoms with E-state index in [4.69, 9.17) is 4.74 Å². The maximum Gasteiger partial charge on any atom is 0.326 e. The number of ether oxygens (including phenoxy) is 1. The highest BCUT2D eigenvalue weighted by molar-refractivity contribution is 7.99. The van der Waals surface area contributed by atoms with Crippen LogP contribution in [-0.4, -0.2) is 35.9 Å². The number of rotatable bonds is 7. The third kappa shape index (κ3) is 3.80. The van der Waals surface area contributed by atoms with E-state index in [-0.39, 0.29) is 5.97 Å². The minimum atomic E-state index is -0.674. The van der Waals surface area contributed by atoms with E-state index < -0.39 is 5.54 Å². The molecule has 0 saturated heterocycles. The van der Waals surface area contributed by atoms with Gasteiger partial charge in [-0.25, -0.2) is 0 Å². The first-order valence-electron chi connectivity index (χ1n) is 7.13. The Labute approximate surface area is 129 Å². The van der Waals surface area contributed by atoms with E-state index in [1.165, 1.54) is 12.5 Å². The summed E-state index contributed by atoms with van der Waals surface area (Å²) >= 11 is 1.63. The van der Waals surface area contributed by atoms with Crippen LogP contribution in [0.5, 0.6) is 0 Å². The summed E-state index contributed by atoms with van der Waals surface area (Å²) in [5.41, 5.74) is 0.438. The molecular weight excluding hydrogens is 284 g/mol. The van der Waals surface area contributed by atoms with Gasteiger partial charge in [0.05, 0.1) is 12.1 Å². The molecule has 0 aliphatic carbocycles. The van der Waals surface area contributed by atoms with Crippen molar-refractivity contribution in [2.45, 2.75) is 30.8 Å². The molecule has 2 rings (SSSR count). The van der Waals surface area contributed by atoms with Crippen molar-refractivity contribution in [3.8, 4) is 0 Å². The van der Waals surface area contributed by atoms with E-state index in [1.807, 2.05) is 25.1 Å². The van der Waals surface area contributed by atoms with Crippen LogP contribution in [0.3, 0.4) is 0 Å². The van der Waals surface area contributed by atoms with Crippen LogP contribution in [0.4, 0.5) is 0 Å². The minimum Gasteiger partial charge on any atom is -0.468 e. The fourth-order valence-corrected chi connectivity index (χ4v) is 3.21. The normalized spacial score (nSPS) is 14.0. The molecule has 1 aromatic heterocycles. The smallest absolute Gasteiger partial charge is 0.326 e. The van der Waals surface area contributed by atoms with Crippen LogP contribution in [-0.2, 0) is 9.53 Å². The molecule has 114 valence electrons. The zero-order valence-electron chi connectivity index (χ0n) is 12.7. The monoisotopic (exact) mass is 306 g/mol. The molecule has 1 aromatic carbocycles. The van der Waals surface area contributed by atoms with Crippen molar-refractivity contribution in [1.82, 2.24) is 10.3 Å². The topological polar surface area (TPSA) is 54.1 Å². The molecule has 0 spiro atoms. The van der Waals surface area contributed by atoms with Gasteiger partial charge < -0.3 is 15.0 Å². The third-order valence-electron chi connectivity index (χ3n) is 3.42. The molecule has 0 radical (unpaired) electrons. The van der Waals surface area contributed by atoms with Crippen molar-refractivity contribution in [3.63, 3.8) is 0 Å². The van der Waals surface area contributed by atoms with Crippen LogP contribution < -0.4 is 5.32 Å². The molecule has 0 fully saturated rings. The Balaban J connectivity index is 2.08. The van der Waals surface area contributed by atoms with Crippen LogP contribution in [0.25, 0.3) is 10.9 Å². The van der Waals surface area contributed by atoms with Crippen LogP contribution in [0.2, 0.25) is 0 Å². The Kier molecular flexibility index (Phi) is 5.31. The standard InChI is InChI=1S/C16H22N2O2S/c1-4-9-17-16(2,15(19)20-3)11-21-14-10-12-7-5-6-8-13(12)18-14/h5-8,10,17-18H,4,9,11H2,1-3H3. The molecule has 0 aliphatic rings. The highest BCUT2D eigenvalue weighted by Gasteiger charge is 2.33. The van der Waals surface area contributed by atoms with E-state index in [0.29, 0.717) is 5.75 Å². The third-order valence-corrected chi connectivity index (χ3v) is 4.68. The van der Waals surface area contributed by atoms with Gasteiger partial charge in [-0.15, -0.1) is 11.8 Å². The molecule has 5 heteroatoms. The Hall–Kier alpha value is -1.46. The van der Waals surface area contributed by atoms with Crippen molar-refractivity contribution in [2.24, 2.45) is 0 Å². The quantitative estimate of drug-likeness (QED) is 0.609. The highest BCUT2D eigenvalue weighted by Crippen LogP contribution is 2.26. The van der Waals surface area contributed by atoms with Gasteiger partial charge in [0.25, 0.3) is 0 Å². The first-order valence-corrected chi connectivity index (χ1v) is 8.11. The molecule has 2 N–H and O–H groups in total. The van der Waals surface area contributed by atoms with Crippen molar-refractivity contribution in [2.75, 3.05) is 19.4 Å². The molecule has 0 amide bonds. The average Bonchev–Trinajstić information content (AvgIpc) is 2.93. The molecule has 0 saturated carbocycles. The van der Waals surface area contributed by atoms with Gasteiger partial charge in [0.1, 0.15) is 5.54 Å². The first-order chi connectivity index (χ1) is 10.1. The van der Waals surface area contributed by atoms with Gasteiger partial charge in [-0.3, -0.25) is 4.79 Å². The Bertz CT molecular complexity index is 578. The number of carbonyl (C=O) groups is 1. The summed E-state index contributed by atoms with van der Waals surface area (Å²) < 4.78 is 4.93. The molecule has 4 nitrogen and oxygen atoms in total. The van der Waals surface area contributed by atoms with Gasteiger partial charge >= 0.3 is 5.97 Å². The van der Waals surface area contributed by atoms with E-state index in [2.05, 4.69) is 29.4 Å². The van der Waals surface area contributed by atoms with Gasteiger partial charge in [0.2, 0.25) is 0 Å². The van der Waals surface area contributed by atoms with Crippen LogP contribution in [0.15, 0.2) is 35.4 Å². The number of carbonyl (C=O) groups excluding carboxylic acids is 1. The zero-order valence-corrected chi connectivity index (χ0v) is 13.5. The Morgan fingerprint density at radius 1 is 1.43 bits per heavy atom. The number of aromatic amines is 1. The lowest BCUT2D eigenvalue weighted by molar-refractivity contribution is -0.146. The predicted octanol–water partition coefficient (Wildman–Crippen LogP) is 3.19. The van der Waals surface area contributed by atoms with Crippen molar-refractivity contribution < 1.29 is 9.53 Å². The average molecular weight is 306 g/mol. The number of thioether (sulfide) groups is 1. The molecule has 0 bridgehead atoms. The Morgan fingerprint density at radius 2 is 2.19 bits per heavy atom. The fraction of sp³-hybridized carbons (Fsp3) is 0.438. The predicted molar refractivity (Wildman–Crippen MR) is 87.7 cm³/mol. The summed E-state index contributed by atoms with van der Waals surface area (Å²) in [7, 11) is 1.43. The van der Waals surface area contributed by atoms with E-state index in [0.717, 1.165) is 23.5 Å². The van der Waals surface area contributed by atoms with Gasteiger partial charge in [0, 0.05) is 16.7 Å². The lowest BCUT2D eigenvalue weighted by Crippen LogP contribution is -2.52. The number of benzene rings is 1. The summed E-state index contributed by atoms with van der Waals surface area (Å²) in [6.45, 7) is 4.76. The summed E-state index contributed by atoms with van der Waals surface area (Å²) in [5.74, 6) is 0.395. The molecule has 1 atom stereocenters. The second kappa shape index (κ2) is 7.00. The molecule has 0 aliphatic heterocycles. The lowest BCUT2D eigenvalue weighted by atomic mass is 10.1. The number of aromatic nitrogens is 1. The molecular formula is C16H22N2O2S. The molecule has 2 aromatic rings. The van der Waals surface area contributed by atoms with Crippen LogP contribution in [0, 0.1) is 0 Å². The van der Waals surface area contributed by atoms with Gasteiger partial charge in [-0.2, -0.15) is 0 Å². The zero-order chi connectivity index (χ0) is 15.3. The van der Waals surface area contributed by atoms with Gasteiger partial charge in [0.15, 0.2) is 0 Å². The number of hydrogen-bond donors (Lipinski definition) is 2. The van der Waals surface area contributed by atoms with Gasteiger partial charge in [-0.1, -0.05) is 25.1 Å². The summed E-state index contributed by atoms with van der Waals surface area (Å²) in [6, 6.07) is 10.3. The first kappa shape index (κ1) is 15.9. The highest BCUT2D eigenvalue weighted by atomic mass is 32.2. The minimum absolute atomic E-state index is 0.223. The van der Waals surface area contributed by atoms with E-state index in [9.17, 15) is 4.79 Å². The number of esters is 1. The number of fused-ring (bicyclic) bond motifs is 1. The second-order valence-electron chi connectivity index (χ2n) is 5.26. The maximum atomic E-state index is 12.0. The number of nitrogens with one attached hydrogen (secondary N) is 2. The second-order valence-corrected chi connectivity index (χ2v) is 6.28. The van der Waals surface area contributed by atoms with Crippen LogP contribution in [0.1, 0.15) is 20.3 Å². The largest absolute Gasteiger partial charge is 0.468 e. The summed E-state index contributed by atoms with van der Waals surface area (Å²) in [5, 5.41) is 5.53. The van der Waals surface area contributed by atoms with E-state index in [1.54, 1.807) is 11.8 Å². The summed E-state index contributed by atoms with van der Waals surface area (Å²) in [6.07, 6.45) is 0.976. The fourth-order valence-electron chi connectivity index (χ4n) is 2.15. The number of H-pyrrole nitrogens is 1. The molecule has 1 unspecified atom stereocenters. The molecule has 1 heterocycles. The van der Waals surface area contributed by atoms with Gasteiger partial charge in [-0.05, 0) is 32.0 Å².